The first-order chi connectivity index (χ1) is 9.07. The lowest BCUT2D eigenvalue weighted by molar-refractivity contribution is -0.135. The van der Waals surface area contributed by atoms with E-state index in [1.807, 2.05) is 0 Å². The van der Waals surface area contributed by atoms with Crippen LogP contribution in [0.5, 0.6) is 0 Å². The van der Waals surface area contributed by atoms with Gasteiger partial charge in [0.15, 0.2) is 0 Å². The number of carbonyl (C=O) groups excluding carboxylic acids is 1. The third-order valence-electron chi connectivity index (χ3n) is 2.13. The SMILES string of the molecule is O=C(O)CNC(=O)c1ccccc1S(=O)(=O)C(Br)(Br)Br. The number of carboxylic acid groups (broad SMARTS) is 1. The molecular formula is C10H8Br3NO5S. The number of aliphatic carboxylic acids is 1. The summed E-state index contributed by atoms with van der Waals surface area (Å²) in [5.74, 6) is -2.02. The maximum absolute atomic E-state index is 12.3. The van der Waals surface area contributed by atoms with Gasteiger partial charge in [-0.3, -0.25) is 9.59 Å². The van der Waals surface area contributed by atoms with Crippen LogP contribution in [-0.2, 0) is 14.6 Å². The third-order valence-corrected chi connectivity index (χ3v) is 7.51. The minimum Gasteiger partial charge on any atom is -0.480 e. The molecule has 0 fully saturated rings. The van der Waals surface area contributed by atoms with Gasteiger partial charge in [-0.25, -0.2) is 8.42 Å². The monoisotopic (exact) mass is 491 g/mol. The van der Waals surface area contributed by atoms with E-state index in [9.17, 15) is 18.0 Å². The first-order valence-electron chi connectivity index (χ1n) is 4.97. The highest BCUT2D eigenvalue weighted by Gasteiger charge is 2.39. The molecule has 1 amide bonds. The second-order valence-corrected chi connectivity index (χ2v) is 13.9. The zero-order valence-corrected chi connectivity index (χ0v) is 15.2. The van der Waals surface area contributed by atoms with Crippen LogP contribution >= 0.6 is 47.8 Å². The number of carboxylic acids is 1. The molecule has 20 heavy (non-hydrogen) atoms. The average molecular weight is 494 g/mol. The van der Waals surface area contributed by atoms with Crippen LogP contribution in [-0.4, -0.2) is 33.4 Å². The molecule has 0 saturated carbocycles. The fourth-order valence-electron chi connectivity index (χ4n) is 1.26. The van der Waals surface area contributed by atoms with Crippen LogP contribution in [0.1, 0.15) is 10.4 Å². The van der Waals surface area contributed by atoms with Crippen LogP contribution in [0.3, 0.4) is 0 Å². The van der Waals surface area contributed by atoms with Crippen LogP contribution in [0, 0.1) is 0 Å². The van der Waals surface area contributed by atoms with Crippen LogP contribution in [0.25, 0.3) is 0 Å². The number of carbonyl (C=O) groups is 2. The number of benzene rings is 1. The van der Waals surface area contributed by atoms with Gasteiger partial charge in [0, 0.05) is 0 Å². The summed E-state index contributed by atoms with van der Waals surface area (Å²) in [6, 6.07) is 5.49. The van der Waals surface area contributed by atoms with E-state index in [1.165, 1.54) is 24.3 Å². The van der Waals surface area contributed by atoms with Crippen molar-refractivity contribution in [2.45, 2.75) is 6.37 Å². The molecule has 0 aliphatic carbocycles. The smallest absolute Gasteiger partial charge is 0.322 e. The molecular weight excluding hydrogens is 486 g/mol. The van der Waals surface area contributed by atoms with Gasteiger partial charge >= 0.3 is 5.97 Å². The average Bonchev–Trinajstić information content (AvgIpc) is 2.34. The fourth-order valence-corrected chi connectivity index (χ4v) is 3.79. The lowest BCUT2D eigenvalue weighted by Crippen LogP contribution is -2.31. The van der Waals surface area contributed by atoms with Gasteiger partial charge < -0.3 is 10.4 Å². The van der Waals surface area contributed by atoms with E-state index in [1.54, 1.807) is 0 Å². The molecule has 0 saturated heterocycles. The molecule has 0 radical (unpaired) electrons. The number of sulfone groups is 1. The summed E-state index contributed by atoms with van der Waals surface area (Å²) in [5.41, 5.74) is -0.142. The minimum atomic E-state index is -3.95. The van der Waals surface area contributed by atoms with Crippen molar-refractivity contribution in [3.63, 3.8) is 0 Å². The molecule has 0 atom stereocenters. The number of nitrogens with one attached hydrogen (secondary N) is 1. The predicted octanol–water partition coefficient (Wildman–Crippen LogP) is 2.07. The van der Waals surface area contributed by atoms with Crippen LogP contribution in [0.15, 0.2) is 29.2 Å². The van der Waals surface area contributed by atoms with Gasteiger partial charge in [0.25, 0.3) is 5.91 Å². The highest BCUT2D eigenvalue weighted by molar-refractivity contribution is 9.42. The Bertz CT molecular complexity index is 639. The molecule has 2 N–H and O–H groups in total. The van der Waals surface area contributed by atoms with Gasteiger partial charge in [0.05, 0.1) is 10.5 Å². The van der Waals surface area contributed by atoms with Crippen molar-refractivity contribution in [1.82, 2.24) is 5.32 Å². The summed E-state index contributed by atoms with van der Waals surface area (Å²) in [5, 5.41) is 10.6. The Morgan fingerprint density at radius 3 is 2.25 bits per heavy atom. The zero-order valence-electron chi connectivity index (χ0n) is 9.64. The molecule has 1 aromatic carbocycles. The Kier molecular flexibility index (Phi) is 5.76. The van der Waals surface area contributed by atoms with Crippen LogP contribution in [0.4, 0.5) is 0 Å². The number of amides is 1. The first kappa shape index (κ1) is 17.6. The lowest BCUT2D eigenvalue weighted by atomic mass is 10.2. The van der Waals surface area contributed by atoms with E-state index < -0.39 is 29.7 Å². The molecule has 0 aromatic heterocycles. The van der Waals surface area contributed by atoms with Crippen LogP contribution < -0.4 is 5.32 Å². The molecule has 0 spiro atoms. The number of halogens is 3. The number of rotatable bonds is 4. The van der Waals surface area contributed by atoms with Gasteiger partial charge in [-0.15, -0.1) is 0 Å². The van der Waals surface area contributed by atoms with Crippen molar-refractivity contribution < 1.29 is 23.1 Å². The topological polar surface area (TPSA) is 101 Å². The highest BCUT2D eigenvalue weighted by Crippen LogP contribution is 2.43. The van der Waals surface area contributed by atoms with Crippen molar-refractivity contribution in [3.05, 3.63) is 29.8 Å². The van der Waals surface area contributed by atoms with E-state index in [-0.39, 0.29) is 10.5 Å². The van der Waals surface area contributed by atoms with Crippen molar-refractivity contribution in [3.8, 4) is 0 Å². The number of hydrogen-bond donors (Lipinski definition) is 2. The Morgan fingerprint density at radius 1 is 1.20 bits per heavy atom. The Hall–Kier alpha value is -0.450. The summed E-state index contributed by atoms with van der Waals surface area (Å²) in [6.07, 6.45) is 0. The zero-order chi connectivity index (χ0) is 15.6. The number of alkyl halides is 3. The number of hydrogen-bond acceptors (Lipinski definition) is 4. The van der Waals surface area contributed by atoms with E-state index in [4.69, 9.17) is 5.11 Å². The Morgan fingerprint density at radius 2 is 1.75 bits per heavy atom. The van der Waals surface area contributed by atoms with Crippen molar-refractivity contribution in [2.75, 3.05) is 6.54 Å². The van der Waals surface area contributed by atoms with E-state index >= 15 is 0 Å². The maximum Gasteiger partial charge on any atom is 0.322 e. The second kappa shape index (κ2) is 6.54. The lowest BCUT2D eigenvalue weighted by Gasteiger charge is -2.16. The summed E-state index contributed by atoms with van der Waals surface area (Å²) >= 11 is 8.71. The Balaban J connectivity index is 3.25. The minimum absolute atomic E-state index is 0.142. The second-order valence-electron chi connectivity index (χ2n) is 3.52. The molecule has 0 heterocycles. The Labute approximate surface area is 140 Å². The molecule has 0 unspecified atom stereocenters. The highest BCUT2D eigenvalue weighted by atomic mass is 80.0. The summed E-state index contributed by atoms with van der Waals surface area (Å²) in [7, 11) is -3.95. The van der Waals surface area contributed by atoms with Crippen molar-refractivity contribution in [1.29, 1.82) is 0 Å². The molecule has 110 valence electrons. The van der Waals surface area contributed by atoms with Crippen molar-refractivity contribution >= 4 is 69.5 Å². The summed E-state index contributed by atoms with van der Waals surface area (Å²) in [4.78, 5) is 22.0. The van der Waals surface area contributed by atoms with E-state index in [2.05, 4.69) is 53.1 Å². The molecule has 0 aliphatic rings. The molecule has 1 aromatic rings. The molecule has 0 aliphatic heterocycles. The van der Waals surface area contributed by atoms with E-state index in [0.29, 0.717) is 0 Å². The summed E-state index contributed by atoms with van der Waals surface area (Å²) < 4.78 is 22.9. The normalized spacial score (nSPS) is 11.9. The standard InChI is InChI=1S/C10H8Br3NO5S/c11-10(12,13)20(18,19)7-4-2-1-3-6(7)9(17)14-5-8(15)16/h1-4H,5H2,(H,14,17)(H,15,16). The molecule has 1 rings (SSSR count). The van der Waals surface area contributed by atoms with E-state index in [0.717, 1.165) is 0 Å². The van der Waals surface area contributed by atoms with Gasteiger partial charge in [-0.1, -0.05) is 12.1 Å². The third kappa shape index (κ3) is 4.03. The first-order valence-corrected chi connectivity index (χ1v) is 8.84. The molecule has 6 nitrogen and oxygen atoms in total. The summed E-state index contributed by atoms with van der Waals surface area (Å²) in [6.45, 7) is -0.602. The van der Waals surface area contributed by atoms with Gasteiger partial charge in [0.1, 0.15) is 6.54 Å². The quantitative estimate of drug-likeness (QED) is 0.625. The molecule has 10 heteroatoms. The largest absolute Gasteiger partial charge is 0.480 e. The maximum atomic E-state index is 12.3. The van der Waals surface area contributed by atoms with Crippen molar-refractivity contribution in [2.24, 2.45) is 0 Å². The van der Waals surface area contributed by atoms with Gasteiger partial charge in [-0.2, -0.15) is 0 Å². The van der Waals surface area contributed by atoms with Gasteiger partial charge in [0.2, 0.25) is 11.3 Å². The van der Waals surface area contributed by atoms with Gasteiger partial charge in [-0.05, 0) is 59.9 Å². The fraction of sp³-hybridized carbons (Fsp3) is 0.200. The predicted molar refractivity (Wildman–Crippen MR) is 83.1 cm³/mol. The van der Waals surface area contributed by atoms with Crippen LogP contribution in [0.2, 0.25) is 0 Å². The molecule has 0 bridgehead atoms.